The van der Waals surface area contributed by atoms with Gasteiger partial charge in [-0.1, -0.05) is 48.0 Å². The van der Waals surface area contributed by atoms with E-state index < -0.39 is 0 Å². The first-order chi connectivity index (χ1) is 11.7. The van der Waals surface area contributed by atoms with Crippen LogP contribution in [0.4, 0.5) is 5.69 Å². The molecule has 2 aromatic carbocycles. The molecule has 0 saturated carbocycles. The number of nitrogens with one attached hydrogen (secondary N) is 1. The van der Waals surface area contributed by atoms with Crippen LogP contribution in [0.3, 0.4) is 0 Å². The van der Waals surface area contributed by atoms with Crippen LogP contribution in [0.1, 0.15) is 23.6 Å². The van der Waals surface area contributed by atoms with Crippen molar-refractivity contribution in [1.82, 2.24) is 4.90 Å². The normalized spacial score (nSPS) is 16.2. The minimum atomic E-state index is -0.124. The maximum absolute atomic E-state index is 12.4. The molecule has 0 radical (unpaired) electrons. The maximum atomic E-state index is 12.4. The van der Waals surface area contributed by atoms with Gasteiger partial charge >= 0.3 is 0 Å². The molecule has 0 saturated heterocycles. The van der Waals surface area contributed by atoms with Crippen LogP contribution in [0.5, 0.6) is 0 Å². The molecule has 5 heteroatoms. The molecule has 1 unspecified atom stereocenters. The van der Waals surface area contributed by atoms with Crippen LogP contribution >= 0.6 is 11.6 Å². The molecule has 1 atom stereocenters. The lowest BCUT2D eigenvalue weighted by Gasteiger charge is -2.28. The van der Waals surface area contributed by atoms with E-state index in [1.54, 1.807) is 12.1 Å². The molecule has 126 valence electrons. The molecule has 0 fully saturated rings. The number of halogens is 1. The highest BCUT2D eigenvalue weighted by Crippen LogP contribution is 2.35. The number of hydrogen-bond acceptors (Lipinski definition) is 3. The Balaban J connectivity index is 1.71. The summed E-state index contributed by atoms with van der Waals surface area (Å²) in [5, 5.41) is 12.8. The van der Waals surface area contributed by atoms with Gasteiger partial charge in [-0.15, -0.1) is 0 Å². The molecule has 0 aliphatic heterocycles. The number of benzene rings is 2. The number of carbonyl (C=O) groups is 1. The standard InChI is InChI=1S/C19H21ClN2O2/c20-16-7-3-4-8-17(16)21-19(24)13-22(11-12-23)18-10-9-14-5-1-2-6-15(14)18/h1-8,18,23H,9-13H2,(H,21,24). The van der Waals surface area contributed by atoms with Crippen LogP contribution in [-0.2, 0) is 11.2 Å². The second-order valence-corrected chi connectivity index (χ2v) is 6.38. The minimum Gasteiger partial charge on any atom is -0.395 e. The van der Waals surface area contributed by atoms with E-state index in [2.05, 4.69) is 17.4 Å². The summed E-state index contributed by atoms with van der Waals surface area (Å²) in [5.74, 6) is -0.124. The van der Waals surface area contributed by atoms with Crippen molar-refractivity contribution < 1.29 is 9.90 Å². The Labute approximate surface area is 147 Å². The topological polar surface area (TPSA) is 52.6 Å². The molecule has 4 nitrogen and oxygen atoms in total. The Kier molecular flexibility index (Phi) is 5.51. The Morgan fingerprint density at radius 3 is 2.75 bits per heavy atom. The second-order valence-electron chi connectivity index (χ2n) is 5.98. The monoisotopic (exact) mass is 344 g/mol. The van der Waals surface area contributed by atoms with E-state index in [9.17, 15) is 9.90 Å². The third kappa shape index (κ3) is 3.78. The Bertz CT molecular complexity index is 720. The maximum Gasteiger partial charge on any atom is 0.238 e. The smallest absolute Gasteiger partial charge is 0.238 e. The molecule has 3 rings (SSSR count). The number of aliphatic hydroxyl groups excluding tert-OH is 1. The van der Waals surface area contributed by atoms with Gasteiger partial charge in [0.25, 0.3) is 0 Å². The van der Waals surface area contributed by atoms with Gasteiger partial charge in [0.15, 0.2) is 0 Å². The predicted octanol–water partition coefficient (Wildman–Crippen LogP) is 3.26. The van der Waals surface area contributed by atoms with E-state index in [1.165, 1.54) is 11.1 Å². The second kappa shape index (κ2) is 7.79. The zero-order valence-corrected chi connectivity index (χ0v) is 14.2. The summed E-state index contributed by atoms with van der Waals surface area (Å²) in [6, 6.07) is 15.7. The zero-order valence-electron chi connectivity index (χ0n) is 13.4. The SMILES string of the molecule is O=C(CN(CCO)C1CCc2ccccc21)Nc1ccccc1Cl. The molecule has 0 heterocycles. The Morgan fingerprint density at radius 1 is 1.21 bits per heavy atom. The fourth-order valence-corrected chi connectivity index (χ4v) is 3.51. The molecule has 2 N–H and O–H groups in total. The van der Waals surface area contributed by atoms with E-state index in [-0.39, 0.29) is 25.1 Å². The fourth-order valence-electron chi connectivity index (χ4n) is 3.32. The summed E-state index contributed by atoms with van der Waals surface area (Å²) in [5.41, 5.74) is 3.20. The van der Waals surface area contributed by atoms with Crippen molar-refractivity contribution in [3.05, 3.63) is 64.7 Å². The Morgan fingerprint density at radius 2 is 1.96 bits per heavy atom. The van der Waals surface area contributed by atoms with Gasteiger partial charge in [-0.3, -0.25) is 9.69 Å². The number of para-hydroxylation sites is 1. The van der Waals surface area contributed by atoms with Gasteiger partial charge in [-0.05, 0) is 36.1 Å². The van der Waals surface area contributed by atoms with E-state index in [4.69, 9.17) is 11.6 Å². The lowest BCUT2D eigenvalue weighted by molar-refractivity contribution is -0.118. The van der Waals surface area contributed by atoms with E-state index >= 15 is 0 Å². The van der Waals surface area contributed by atoms with E-state index in [1.807, 2.05) is 29.2 Å². The van der Waals surface area contributed by atoms with Gasteiger partial charge in [0.05, 0.1) is 23.9 Å². The van der Waals surface area contributed by atoms with Crippen molar-refractivity contribution in [2.75, 3.05) is 25.0 Å². The van der Waals surface area contributed by atoms with Crippen LogP contribution < -0.4 is 5.32 Å². The van der Waals surface area contributed by atoms with Crippen molar-refractivity contribution >= 4 is 23.2 Å². The van der Waals surface area contributed by atoms with Crippen molar-refractivity contribution in [2.24, 2.45) is 0 Å². The predicted molar refractivity (Wildman–Crippen MR) is 96.2 cm³/mol. The summed E-state index contributed by atoms with van der Waals surface area (Å²) in [7, 11) is 0. The van der Waals surface area contributed by atoms with Gasteiger partial charge in [-0.2, -0.15) is 0 Å². The highest BCUT2D eigenvalue weighted by atomic mass is 35.5. The first kappa shape index (κ1) is 17.0. The number of aryl methyl sites for hydroxylation is 1. The number of amides is 1. The summed E-state index contributed by atoms with van der Waals surface area (Å²) < 4.78 is 0. The lowest BCUT2D eigenvalue weighted by Crippen LogP contribution is -2.37. The van der Waals surface area contributed by atoms with Crippen molar-refractivity contribution in [2.45, 2.75) is 18.9 Å². The molecule has 0 spiro atoms. The average Bonchev–Trinajstić information content (AvgIpc) is 3.00. The molecule has 24 heavy (non-hydrogen) atoms. The van der Waals surface area contributed by atoms with E-state index in [0.717, 1.165) is 12.8 Å². The zero-order chi connectivity index (χ0) is 16.9. The van der Waals surface area contributed by atoms with Crippen LogP contribution in [0.25, 0.3) is 0 Å². The molecule has 1 amide bonds. The molecule has 1 aliphatic carbocycles. The molecule has 1 aliphatic rings. The lowest BCUT2D eigenvalue weighted by atomic mass is 10.1. The summed E-state index contributed by atoms with van der Waals surface area (Å²) in [4.78, 5) is 14.5. The van der Waals surface area contributed by atoms with Crippen molar-refractivity contribution in [3.63, 3.8) is 0 Å². The number of nitrogens with zero attached hydrogens (tertiary/aromatic N) is 1. The number of aliphatic hydroxyl groups is 1. The highest BCUT2D eigenvalue weighted by Gasteiger charge is 2.28. The Hall–Kier alpha value is -1.88. The van der Waals surface area contributed by atoms with Crippen LogP contribution in [0.2, 0.25) is 5.02 Å². The quantitative estimate of drug-likeness (QED) is 0.845. The van der Waals surface area contributed by atoms with Gasteiger partial charge in [-0.25, -0.2) is 0 Å². The minimum absolute atomic E-state index is 0.0258. The first-order valence-electron chi connectivity index (χ1n) is 8.16. The van der Waals surface area contributed by atoms with Crippen LogP contribution in [0.15, 0.2) is 48.5 Å². The van der Waals surface area contributed by atoms with Gasteiger partial charge in [0.2, 0.25) is 5.91 Å². The summed E-state index contributed by atoms with van der Waals surface area (Å²) in [6.07, 6.45) is 1.98. The number of anilines is 1. The molecule has 0 bridgehead atoms. The number of carbonyl (C=O) groups excluding carboxylic acids is 1. The fraction of sp³-hybridized carbons (Fsp3) is 0.316. The van der Waals surface area contributed by atoms with Crippen LogP contribution in [0, 0.1) is 0 Å². The van der Waals surface area contributed by atoms with Gasteiger partial charge < -0.3 is 10.4 Å². The molecular formula is C19H21ClN2O2. The van der Waals surface area contributed by atoms with Gasteiger partial charge in [0.1, 0.15) is 0 Å². The number of fused-ring (bicyclic) bond motifs is 1. The molecule has 0 aromatic heterocycles. The molecule has 2 aromatic rings. The number of hydrogen-bond donors (Lipinski definition) is 2. The largest absolute Gasteiger partial charge is 0.395 e. The third-order valence-corrected chi connectivity index (χ3v) is 4.75. The first-order valence-corrected chi connectivity index (χ1v) is 8.54. The molecular weight excluding hydrogens is 324 g/mol. The summed E-state index contributed by atoms with van der Waals surface area (Å²) in [6.45, 7) is 0.720. The highest BCUT2D eigenvalue weighted by molar-refractivity contribution is 6.33. The van der Waals surface area contributed by atoms with Crippen molar-refractivity contribution in [3.8, 4) is 0 Å². The van der Waals surface area contributed by atoms with E-state index in [0.29, 0.717) is 17.3 Å². The summed E-state index contributed by atoms with van der Waals surface area (Å²) >= 11 is 6.09. The average molecular weight is 345 g/mol. The number of rotatable bonds is 6. The van der Waals surface area contributed by atoms with Crippen molar-refractivity contribution in [1.29, 1.82) is 0 Å². The third-order valence-electron chi connectivity index (χ3n) is 4.42. The van der Waals surface area contributed by atoms with Gasteiger partial charge in [0, 0.05) is 12.6 Å². The van der Waals surface area contributed by atoms with Crippen LogP contribution in [-0.4, -0.2) is 35.6 Å².